The highest BCUT2D eigenvalue weighted by atomic mass is 35.5. The van der Waals surface area contributed by atoms with Crippen LogP contribution >= 0.6 is 24.8 Å². The Morgan fingerprint density at radius 3 is 2.21 bits per heavy atom. The van der Waals surface area contributed by atoms with Crippen LogP contribution in [-0.2, 0) is 0 Å². The van der Waals surface area contributed by atoms with Gasteiger partial charge in [0.05, 0.1) is 0 Å². The lowest BCUT2D eigenvalue weighted by molar-refractivity contribution is 0.277. The van der Waals surface area contributed by atoms with Crippen molar-refractivity contribution in [3.63, 3.8) is 0 Å². The zero-order valence-corrected chi connectivity index (χ0v) is 10.3. The second kappa shape index (κ2) is 6.89. The molecular formula is C10H22Cl2N2. The lowest BCUT2D eigenvalue weighted by Gasteiger charge is -2.19. The van der Waals surface area contributed by atoms with Gasteiger partial charge in [-0.15, -0.1) is 24.8 Å². The van der Waals surface area contributed by atoms with Crippen LogP contribution in [0.15, 0.2) is 0 Å². The number of likely N-dealkylation sites (tertiary alicyclic amines) is 1. The largest absolute Gasteiger partial charge is 0.326 e. The molecule has 0 spiro atoms. The molecule has 0 aromatic carbocycles. The van der Waals surface area contributed by atoms with Gasteiger partial charge in [0.15, 0.2) is 0 Å². The highest BCUT2D eigenvalue weighted by Gasteiger charge is 2.23. The molecule has 1 atom stereocenters. The topological polar surface area (TPSA) is 29.3 Å². The van der Waals surface area contributed by atoms with Crippen molar-refractivity contribution in [3.05, 3.63) is 0 Å². The van der Waals surface area contributed by atoms with Crippen LogP contribution in [0.3, 0.4) is 0 Å². The molecule has 1 saturated heterocycles. The normalized spacial score (nSPS) is 28.5. The summed E-state index contributed by atoms with van der Waals surface area (Å²) in [5.74, 6) is 0.996. The Labute approximate surface area is 99.4 Å². The first kappa shape index (κ1) is 14.5. The summed E-state index contributed by atoms with van der Waals surface area (Å²) in [6.07, 6.45) is 7.07. The molecule has 1 saturated carbocycles. The molecule has 0 bridgehead atoms. The van der Waals surface area contributed by atoms with Crippen molar-refractivity contribution in [2.75, 3.05) is 19.6 Å². The van der Waals surface area contributed by atoms with Crippen molar-refractivity contribution in [3.8, 4) is 0 Å². The maximum absolute atomic E-state index is 5.86. The summed E-state index contributed by atoms with van der Waals surface area (Å²) in [5, 5.41) is 0. The second-order valence-corrected chi connectivity index (χ2v) is 4.46. The van der Waals surface area contributed by atoms with Crippen LogP contribution in [-0.4, -0.2) is 30.6 Å². The SMILES string of the molecule is Cl.Cl.N[C@@H]1CCN(CC2CCCC2)C1. The summed E-state index contributed by atoms with van der Waals surface area (Å²) in [6, 6.07) is 0.464. The predicted molar refractivity (Wildman–Crippen MR) is 65.5 cm³/mol. The molecule has 1 heterocycles. The molecule has 2 fully saturated rings. The van der Waals surface area contributed by atoms with Crippen LogP contribution in [0.1, 0.15) is 32.1 Å². The molecule has 0 aromatic heterocycles. The molecule has 0 aromatic rings. The molecule has 0 unspecified atom stereocenters. The Hall–Kier alpha value is 0.500. The molecule has 0 amide bonds. The van der Waals surface area contributed by atoms with E-state index in [0.29, 0.717) is 6.04 Å². The van der Waals surface area contributed by atoms with E-state index in [2.05, 4.69) is 4.90 Å². The molecule has 14 heavy (non-hydrogen) atoms. The third-order valence-corrected chi connectivity index (χ3v) is 3.30. The maximum atomic E-state index is 5.86. The number of nitrogens with zero attached hydrogens (tertiary/aromatic N) is 1. The minimum Gasteiger partial charge on any atom is -0.326 e. The van der Waals surface area contributed by atoms with E-state index >= 15 is 0 Å². The van der Waals surface area contributed by atoms with Crippen LogP contribution in [0.25, 0.3) is 0 Å². The van der Waals surface area contributed by atoms with Crippen molar-refractivity contribution < 1.29 is 0 Å². The van der Waals surface area contributed by atoms with Crippen molar-refractivity contribution in [1.82, 2.24) is 4.90 Å². The summed E-state index contributed by atoms with van der Waals surface area (Å²) in [7, 11) is 0. The quantitative estimate of drug-likeness (QED) is 0.801. The van der Waals surface area contributed by atoms with Gasteiger partial charge in [-0.2, -0.15) is 0 Å². The van der Waals surface area contributed by atoms with E-state index in [0.717, 1.165) is 12.5 Å². The van der Waals surface area contributed by atoms with E-state index in [9.17, 15) is 0 Å². The first-order chi connectivity index (χ1) is 5.84. The molecular weight excluding hydrogens is 219 g/mol. The average molecular weight is 241 g/mol. The molecule has 2 aliphatic rings. The monoisotopic (exact) mass is 240 g/mol. The highest BCUT2D eigenvalue weighted by molar-refractivity contribution is 5.85. The molecule has 1 aliphatic heterocycles. The van der Waals surface area contributed by atoms with Crippen molar-refractivity contribution in [1.29, 1.82) is 0 Å². The fourth-order valence-electron chi connectivity index (χ4n) is 2.59. The van der Waals surface area contributed by atoms with Crippen LogP contribution in [0, 0.1) is 5.92 Å². The van der Waals surface area contributed by atoms with Gasteiger partial charge in [0.2, 0.25) is 0 Å². The molecule has 2 nitrogen and oxygen atoms in total. The first-order valence-corrected chi connectivity index (χ1v) is 5.32. The number of nitrogens with two attached hydrogens (primary N) is 1. The number of rotatable bonds is 2. The smallest absolute Gasteiger partial charge is 0.0180 e. The van der Waals surface area contributed by atoms with Gasteiger partial charge >= 0.3 is 0 Å². The van der Waals surface area contributed by atoms with E-state index < -0.39 is 0 Å². The summed E-state index contributed by atoms with van der Waals surface area (Å²) in [4.78, 5) is 2.56. The van der Waals surface area contributed by atoms with Crippen LogP contribution < -0.4 is 5.73 Å². The zero-order chi connectivity index (χ0) is 8.39. The molecule has 2 N–H and O–H groups in total. The van der Waals surface area contributed by atoms with Gasteiger partial charge in [0.25, 0.3) is 0 Å². The van der Waals surface area contributed by atoms with Crippen LogP contribution in [0.5, 0.6) is 0 Å². The van der Waals surface area contributed by atoms with Crippen molar-refractivity contribution in [2.24, 2.45) is 11.7 Å². The third-order valence-electron chi connectivity index (χ3n) is 3.30. The van der Waals surface area contributed by atoms with Gasteiger partial charge in [-0.25, -0.2) is 0 Å². The van der Waals surface area contributed by atoms with Gasteiger partial charge in [0.1, 0.15) is 0 Å². The zero-order valence-electron chi connectivity index (χ0n) is 8.65. The minimum absolute atomic E-state index is 0. The van der Waals surface area contributed by atoms with E-state index in [4.69, 9.17) is 5.73 Å². The molecule has 1 aliphatic carbocycles. The summed E-state index contributed by atoms with van der Waals surface area (Å²) in [6.45, 7) is 3.72. The van der Waals surface area contributed by atoms with E-state index in [1.807, 2.05) is 0 Å². The van der Waals surface area contributed by atoms with Crippen molar-refractivity contribution >= 4 is 24.8 Å². The average Bonchev–Trinajstić information content (AvgIpc) is 2.63. The minimum atomic E-state index is 0. The standard InChI is InChI=1S/C10H20N2.2ClH/c11-10-5-6-12(8-10)7-9-3-1-2-4-9;;/h9-10H,1-8,11H2;2*1H/t10-;;/m1../s1. The summed E-state index contributed by atoms with van der Waals surface area (Å²) >= 11 is 0. The number of hydrogen-bond donors (Lipinski definition) is 1. The number of hydrogen-bond acceptors (Lipinski definition) is 2. The van der Waals surface area contributed by atoms with E-state index in [-0.39, 0.29) is 24.8 Å². The Kier molecular flexibility index (Phi) is 7.13. The molecule has 0 radical (unpaired) electrons. The third kappa shape index (κ3) is 3.93. The van der Waals surface area contributed by atoms with Gasteiger partial charge in [-0.3, -0.25) is 0 Å². The van der Waals surface area contributed by atoms with E-state index in [1.54, 1.807) is 0 Å². The predicted octanol–water partition coefficient (Wildman–Crippen LogP) is 2.05. The fourth-order valence-corrected chi connectivity index (χ4v) is 2.59. The summed E-state index contributed by atoms with van der Waals surface area (Å²) < 4.78 is 0. The van der Waals surface area contributed by atoms with E-state index in [1.165, 1.54) is 45.2 Å². The Morgan fingerprint density at radius 1 is 1.07 bits per heavy atom. The Morgan fingerprint density at radius 2 is 1.71 bits per heavy atom. The maximum Gasteiger partial charge on any atom is 0.0180 e. The highest BCUT2D eigenvalue weighted by Crippen LogP contribution is 2.26. The van der Waals surface area contributed by atoms with Gasteiger partial charge in [-0.05, 0) is 31.7 Å². The van der Waals surface area contributed by atoms with Crippen LogP contribution in [0.4, 0.5) is 0 Å². The van der Waals surface area contributed by atoms with Crippen molar-refractivity contribution in [2.45, 2.75) is 38.1 Å². The second-order valence-electron chi connectivity index (χ2n) is 4.46. The lowest BCUT2D eigenvalue weighted by atomic mass is 10.1. The number of halogens is 2. The van der Waals surface area contributed by atoms with Gasteiger partial charge in [0, 0.05) is 19.1 Å². The fraction of sp³-hybridized carbons (Fsp3) is 1.00. The Balaban J connectivity index is 0.000000845. The first-order valence-electron chi connectivity index (χ1n) is 5.32. The van der Waals surface area contributed by atoms with Crippen LogP contribution in [0.2, 0.25) is 0 Å². The Bertz CT molecular complexity index is 149. The molecule has 4 heteroatoms. The van der Waals surface area contributed by atoms with Gasteiger partial charge < -0.3 is 10.6 Å². The summed E-state index contributed by atoms with van der Waals surface area (Å²) in [5.41, 5.74) is 5.86. The molecule has 86 valence electrons. The lowest BCUT2D eigenvalue weighted by Crippen LogP contribution is -2.30. The van der Waals surface area contributed by atoms with Gasteiger partial charge in [-0.1, -0.05) is 12.8 Å². The molecule has 2 rings (SSSR count).